The number of rotatable bonds is 0. The fourth-order valence-electron chi connectivity index (χ4n) is 1.56. The lowest BCUT2D eigenvalue weighted by Gasteiger charge is -2.00. The Morgan fingerprint density at radius 1 is 1.38 bits per heavy atom. The maximum atomic E-state index is 11.5. The van der Waals surface area contributed by atoms with Crippen LogP contribution in [0.1, 0.15) is 24.6 Å². The first-order valence-electron chi connectivity index (χ1n) is 5.20. The molecule has 1 aromatic heterocycles. The Kier molecular flexibility index (Phi) is 2.74. The third-order valence-corrected chi connectivity index (χ3v) is 2.39. The molecule has 3 nitrogen and oxygen atoms in total. The Morgan fingerprint density at radius 3 is 2.94 bits per heavy atom. The van der Waals surface area contributed by atoms with Crippen molar-refractivity contribution in [2.75, 3.05) is 0 Å². The number of hydrogen-bond donors (Lipinski definition) is 1. The number of hydrogen-bond acceptors (Lipinski definition) is 2. The van der Waals surface area contributed by atoms with E-state index in [2.05, 4.69) is 22.0 Å². The Morgan fingerprint density at radius 2 is 2.19 bits per heavy atom. The Labute approximate surface area is 93.5 Å². The normalized spacial score (nSPS) is 9.88. The van der Waals surface area contributed by atoms with Crippen molar-refractivity contribution < 1.29 is 0 Å². The Bertz CT molecular complexity index is 644. The van der Waals surface area contributed by atoms with E-state index in [1.165, 1.54) is 0 Å². The van der Waals surface area contributed by atoms with Crippen LogP contribution in [-0.4, -0.2) is 10.2 Å². The first-order valence-corrected chi connectivity index (χ1v) is 5.20. The van der Waals surface area contributed by atoms with Crippen LogP contribution in [0.4, 0.5) is 0 Å². The van der Waals surface area contributed by atoms with Crippen molar-refractivity contribution in [2.45, 2.75) is 20.3 Å². The van der Waals surface area contributed by atoms with Gasteiger partial charge in [0.05, 0.1) is 11.1 Å². The molecule has 0 saturated heterocycles. The third-order valence-electron chi connectivity index (χ3n) is 2.39. The topological polar surface area (TPSA) is 45.8 Å². The summed E-state index contributed by atoms with van der Waals surface area (Å²) < 4.78 is 0. The fourth-order valence-corrected chi connectivity index (χ4v) is 1.56. The predicted molar refractivity (Wildman–Crippen MR) is 64.3 cm³/mol. The second-order valence-electron chi connectivity index (χ2n) is 3.55. The predicted octanol–water partition coefficient (Wildman–Crippen LogP) is 1.99. The molecule has 0 fully saturated rings. The molecule has 0 bridgehead atoms. The van der Waals surface area contributed by atoms with Gasteiger partial charge in [-0.15, -0.1) is 0 Å². The smallest absolute Gasteiger partial charge is 0.267 e. The molecule has 2 rings (SSSR count). The van der Waals surface area contributed by atoms with Crippen LogP contribution in [-0.2, 0) is 0 Å². The van der Waals surface area contributed by atoms with Crippen molar-refractivity contribution in [2.24, 2.45) is 0 Å². The van der Waals surface area contributed by atoms with Gasteiger partial charge in [-0.25, -0.2) is 5.10 Å². The van der Waals surface area contributed by atoms with E-state index < -0.39 is 0 Å². The molecule has 2 aromatic rings. The summed E-state index contributed by atoms with van der Waals surface area (Å²) in [6.45, 7) is 3.88. The van der Waals surface area contributed by atoms with E-state index in [9.17, 15) is 4.79 Å². The molecule has 0 amide bonds. The summed E-state index contributed by atoms with van der Waals surface area (Å²) in [6.07, 6.45) is 0.824. The van der Waals surface area contributed by atoms with Crippen LogP contribution < -0.4 is 5.56 Å². The zero-order chi connectivity index (χ0) is 11.5. The highest BCUT2D eigenvalue weighted by molar-refractivity contribution is 5.84. The zero-order valence-electron chi connectivity index (χ0n) is 9.29. The van der Waals surface area contributed by atoms with Crippen molar-refractivity contribution in [1.29, 1.82) is 0 Å². The van der Waals surface area contributed by atoms with E-state index >= 15 is 0 Å². The highest BCUT2D eigenvalue weighted by Gasteiger charge is 2.02. The molecule has 0 radical (unpaired) electrons. The minimum atomic E-state index is -0.157. The summed E-state index contributed by atoms with van der Waals surface area (Å²) in [5.74, 6) is 6.05. The molecule has 16 heavy (non-hydrogen) atoms. The second kappa shape index (κ2) is 4.19. The van der Waals surface area contributed by atoms with Gasteiger partial charge in [-0.05, 0) is 25.1 Å². The molecule has 0 aliphatic heterocycles. The summed E-state index contributed by atoms with van der Waals surface area (Å²) in [6, 6.07) is 5.57. The van der Waals surface area contributed by atoms with Gasteiger partial charge in [-0.1, -0.05) is 18.8 Å². The quantitative estimate of drug-likeness (QED) is 0.679. The van der Waals surface area contributed by atoms with Gasteiger partial charge in [0, 0.05) is 17.4 Å². The van der Waals surface area contributed by atoms with E-state index in [1.54, 1.807) is 6.07 Å². The lowest BCUT2D eigenvalue weighted by atomic mass is 10.1. The van der Waals surface area contributed by atoms with Crippen LogP contribution in [0.2, 0.25) is 0 Å². The zero-order valence-corrected chi connectivity index (χ0v) is 9.29. The molecule has 3 heteroatoms. The molecular formula is C13H12N2O. The molecule has 0 atom stereocenters. The largest absolute Gasteiger partial charge is 0.272 e. The molecule has 0 aliphatic carbocycles. The lowest BCUT2D eigenvalue weighted by Crippen LogP contribution is -2.09. The monoisotopic (exact) mass is 212 g/mol. The van der Waals surface area contributed by atoms with Gasteiger partial charge < -0.3 is 0 Å². The summed E-state index contributed by atoms with van der Waals surface area (Å²) in [5.41, 5.74) is 1.58. The minimum absolute atomic E-state index is 0.157. The standard InChI is InChI=1S/C13H12N2O/c1-3-4-5-10-6-7-11-12(8-10)9(2)14-15-13(11)16/h6-8H,3H2,1-2H3,(H,15,16). The van der Waals surface area contributed by atoms with E-state index in [0.29, 0.717) is 5.39 Å². The number of fused-ring (bicyclic) bond motifs is 1. The summed E-state index contributed by atoms with van der Waals surface area (Å²) >= 11 is 0. The number of H-pyrrole nitrogens is 1. The van der Waals surface area contributed by atoms with E-state index in [0.717, 1.165) is 23.1 Å². The summed E-state index contributed by atoms with van der Waals surface area (Å²) in [5, 5.41) is 7.94. The number of nitrogens with zero attached hydrogens (tertiary/aromatic N) is 1. The van der Waals surface area contributed by atoms with E-state index in [-0.39, 0.29) is 5.56 Å². The van der Waals surface area contributed by atoms with Crippen LogP contribution >= 0.6 is 0 Å². The van der Waals surface area contributed by atoms with E-state index in [4.69, 9.17) is 0 Å². The number of aromatic nitrogens is 2. The van der Waals surface area contributed by atoms with Crippen molar-refractivity contribution in [3.05, 3.63) is 39.8 Å². The van der Waals surface area contributed by atoms with Crippen molar-refractivity contribution >= 4 is 10.8 Å². The third kappa shape index (κ3) is 1.82. The average molecular weight is 212 g/mol. The van der Waals surface area contributed by atoms with Gasteiger partial charge in [-0.3, -0.25) is 4.79 Å². The maximum absolute atomic E-state index is 11.5. The molecule has 0 saturated carbocycles. The molecule has 80 valence electrons. The van der Waals surface area contributed by atoms with Gasteiger partial charge in [-0.2, -0.15) is 5.10 Å². The van der Waals surface area contributed by atoms with Crippen LogP contribution in [0.5, 0.6) is 0 Å². The Balaban J connectivity index is 2.71. The van der Waals surface area contributed by atoms with Crippen molar-refractivity contribution in [3.63, 3.8) is 0 Å². The van der Waals surface area contributed by atoms with Gasteiger partial charge in [0.25, 0.3) is 5.56 Å². The number of aromatic amines is 1. The highest BCUT2D eigenvalue weighted by atomic mass is 16.1. The van der Waals surface area contributed by atoms with Crippen molar-refractivity contribution in [3.8, 4) is 11.8 Å². The minimum Gasteiger partial charge on any atom is -0.267 e. The van der Waals surface area contributed by atoms with Gasteiger partial charge in [0.15, 0.2) is 0 Å². The van der Waals surface area contributed by atoms with Gasteiger partial charge >= 0.3 is 0 Å². The number of nitrogens with one attached hydrogen (secondary N) is 1. The SMILES string of the molecule is CCC#Cc1ccc2c(=O)[nH]nc(C)c2c1. The molecular weight excluding hydrogens is 200 g/mol. The average Bonchev–Trinajstić information content (AvgIpc) is 2.31. The molecule has 0 spiro atoms. The van der Waals surface area contributed by atoms with E-state index in [1.807, 2.05) is 26.0 Å². The number of aryl methyl sites for hydroxylation is 1. The first kappa shape index (κ1) is 10.4. The molecule has 1 N–H and O–H groups in total. The lowest BCUT2D eigenvalue weighted by molar-refractivity contribution is 0.970. The second-order valence-corrected chi connectivity index (χ2v) is 3.55. The van der Waals surface area contributed by atoms with Crippen LogP contribution in [0, 0.1) is 18.8 Å². The van der Waals surface area contributed by atoms with Gasteiger partial charge in [0.2, 0.25) is 0 Å². The maximum Gasteiger partial charge on any atom is 0.272 e. The van der Waals surface area contributed by atoms with Crippen molar-refractivity contribution in [1.82, 2.24) is 10.2 Å². The highest BCUT2D eigenvalue weighted by Crippen LogP contribution is 2.13. The summed E-state index contributed by atoms with van der Waals surface area (Å²) in [4.78, 5) is 11.5. The van der Waals surface area contributed by atoms with Crippen LogP contribution in [0.15, 0.2) is 23.0 Å². The molecule has 0 unspecified atom stereocenters. The number of benzene rings is 1. The fraction of sp³-hybridized carbons (Fsp3) is 0.231. The van der Waals surface area contributed by atoms with Crippen LogP contribution in [0.3, 0.4) is 0 Å². The molecule has 1 aromatic carbocycles. The van der Waals surface area contributed by atoms with Crippen LogP contribution in [0.25, 0.3) is 10.8 Å². The molecule has 1 heterocycles. The Hall–Kier alpha value is -2.08. The molecule has 0 aliphatic rings. The van der Waals surface area contributed by atoms with Gasteiger partial charge in [0.1, 0.15) is 0 Å². The first-order chi connectivity index (χ1) is 7.72. The summed E-state index contributed by atoms with van der Waals surface area (Å²) in [7, 11) is 0.